The Kier molecular flexibility index (Phi) is 6.50. The van der Waals surface area contributed by atoms with Crippen LogP contribution in [0.5, 0.6) is 5.75 Å². The van der Waals surface area contributed by atoms with Gasteiger partial charge in [-0.1, -0.05) is 6.42 Å². The van der Waals surface area contributed by atoms with E-state index < -0.39 is 24.2 Å². The minimum atomic E-state index is -4.21. The summed E-state index contributed by atoms with van der Waals surface area (Å²) in [5.41, 5.74) is 0. The minimum absolute atomic E-state index is 0.0742. The Balaban J connectivity index is 1.73. The molecule has 0 saturated heterocycles. The van der Waals surface area contributed by atoms with Gasteiger partial charge in [0.2, 0.25) is 0 Å². The molecular weight excluding hydrogens is 340 g/mol. The zero-order valence-electron chi connectivity index (χ0n) is 14.0. The molecule has 2 atom stereocenters. The van der Waals surface area contributed by atoms with E-state index in [1.54, 1.807) is 7.05 Å². The van der Waals surface area contributed by atoms with E-state index in [-0.39, 0.29) is 31.8 Å². The summed E-state index contributed by atoms with van der Waals surface area (Å²) >= 11 is 0. The van der Waals surface area contributed by atoms with Crippen LogP contribution in [-0.2, 0) is 0 Å². The van der Waals surface area contributed by atoms with Crippen LogP contribution in [0.2, 0.25) is 0 Å². The number of carbonyl (C=O) groups excluding carboxylic acids is 1. The molecular formula is C17H22F4N2O2. The van der Waals surface area contributed by atoms with Crippen molar-refractivity contribution >= 4 is 6.03 Å². The Hall–Kier alpha value is -1.99. The fourth-order valence-corrected chi connectivity index (χ4v) is 2.84. The monoisotopic (exact) mass is 362 g/mol. The van der Waals surface area contributed by atoms with Crippen LogP contribution in [0.4, 0.5) is 22.4 Å². The Morgan fingerprint density at radius 3 is 2.60 bits per heavy atom. The van der Waals surface area contributed by atoms with Crippen molar-refractivity contribution < 1.29 is 27.1 Å². The summed E-state index contributed by atoms with van der Waals surface area (Å²) in [4.78, 5) is 13.4. The Labute approximate surface area is 144 Å². The average Bonchev–Trinajstić information content (AvgIpc) is 2.56. The van der Waals surface area contributed by atoms with Gasteiger partial charge in [0, 0.05) is 13.1 Å². The standard InChI is InChI=1S/C17H22F4N2O2/c1-23(9-10-25-15-7-5-13(18)6-8-15)16(24)22-14-4-2-3-12(11-14)17(19,20)21/h5-8,12,14H,2-4,9-11H2,1H3,(H,22,24). The van der Waals surface area contributed by atoms with Crippen LogP contribution < -0.4 is 10.1 Å². The molecule has 1 N–H and O–H groups in total. The third-order valence-electron chi connectivity index (χ3n) is 4.32. The number of likely N-dealkylation sites (N-methyl/N-ethyl adjacent to an activating group) is 1. The van der Waals surface area contributed by atoms with Crippen LogP contribution >= 0.6 is 0 Å². The Morgan fingerprint density at radius 1 is 1.28 bits per heavy atom. The van der Waals surface area contributed by atoms with Gasteiger partial charge in [-0.2, -0.15) is 13.2 Å². The van der Waals surface area contributed by atoms with E-state index in [1.165, 1.54) is 29.2 Å². The lowest BCUT2D eigenvalue weighted by molar-refractivity contribution is -0.183. The van der Waals surface area contributed by atoms with Gasteiger partial charge in [-0.15, -0.1) is 0 Å². The highest BCUT2D eigenvalue weighted by atomic mass is 19.4. The number of benzene rings is 1. The third kappa shape index (κ3) is 6.10. The number of amides is 2. The van der Waals surface area contributed by atoms with Gasteiger partial charge in [-0.25, -0.2) is 9.18 Å². The first-order valence-electron chi connectivity index (χ1n) is 8.22. The summed E-state index contributed by atoms with van der Waals surface area (Å²) in [5, 5.41) is 2.66. The van der Waals surface area contributed by atoms with Gasteiger partial charge in [0.05, 0.1) is 12.5 Å². The van der Waals surface area contributed by atoms with E-state index in [0.717, 1.165) is 0 Å². The maximum Gasteiger partial charge on any atom is 0.391 e. The highest BCUT2D eigenvalue weighted by Gasteiger charge is 2.42. The topological polar surface area (TPSA) is 41.6 Å². The Morgan fingerprint density at radius 2 is 1.96 bits per heavy atom. The van der Waals surface area contributed by atoms with Crippen molar-refractivity contribution in [2.75, 3.05) is 20.2 Å². The van der Waals surface area contributed by atoms with Gasteiger partial charge in [-0.05, 0) is 43.5 Å². The summed E-state index contributed by atoms with van der Waals surface area (Å²) in [6.07, 6.45) is -3.16. The van der Waals surface area contributed by atoms with E-state index in [2.05, 4.69) is 5.32 Å². The lowest BCUT2D eigenvalue weighted by Gasteiger charge is -2.32. The van der Waals surface area contributed by atoms with Crippen molar-refractivity contribution in [1.82, 2.24) is 10.2 Å². The first-order chi connectivity index (χ1) is 11.8. The molecule has 1 fully saturated rings. The molecule has 8 heteroatoms. The molecule has 0 bridgehead atoms. The van der Waals surface area contributed by atoms with Gasteiger partial charge < -0.3 is 15.0 Å². The number of hydrogen-bond acceptors (Lipinski definition) is 2. The van der Waals surface area contributed by atoms with Crippen LogP contribution in [0.15, 0.2) is 24.3 Å². The van der Waals surface area contributed by atoms with Crippen LogP contribution in [-0.4, -0.2) is 43.3 Å². The van der Waals surface area contributed by atoms with Gasteiger partial charge in [-0.3, -0.25) is 0 Å². The number of nitrogens with one attached hydrogen (secondary N) is 1. The van der Waals surface area contributed by atoms with E-state index in [0.29, 0.717) is 18.6 Å². The van der Waals surface area contributed by atoms with Crippen molar-refractivity contribution in [2.45, 2.75) is 37.9 Å². The number of urea groups is 1. The second-order valence-electron chi connectivity index (χ2n) is 6.28. The highest BCUT2D eigenvalue weighted by Crippen LogP contribution is 2.37. The molecule has 0 radical (unpaired) electrons. The number of ether oxygens (including phenoxy) is 1. The number of carbonyl (C=O) groups is 1. The van der Waals surface area contributed by atoms with Crippen molar-refractivity contribution in [3.05, 3.63) is 30.1 Å². The predicted molar refractivity (Wildman–Crippen MR) is 84.9 cm³/mol. The fourth-order valence-electron chi connectivity index (χ4n) is 2.84. The first-order valence-corrected chi connectivity index (χ1v) is 8.22. The summed E-state index contributed by atoms with van der Waals surface area (Å²) in [6, 6.07) is 4.62. The molecule has 1 aromatic rings. The van der Waals surface area contributed by atoms with Crippen molar-refractivity contribution in [2.24, 2.45) is 5.92 Å². The molecule has 140 valence electrons. The van der Waals surface area contributed by atoms with Gasteiger partial charge >= 0.3 is 12.2 Å². The molecule has 2 rings (SSSR count). The van der Waals surface area contributed by atoms with E-state index >= 15 is 0 Å². The van der Waals surface area contributed by atoms with Gasteiger partial charge in [0.1, 0.15) is 18.2 Å². The molecule has 4 nitrogen and oxygen atoms in total. The van der Waals surface area contributed by atoms with E-state index in [9.17, 15) is 22.4 Å². The SMILES string of the molecule is CN(CCOc1ccc(F)cc1)C(=O)NC1CCCC(C(F)(F)F)C1. The summed E-state index contributed by atoms with van der Waals surface area (Å²) < 4.78 is 56.6. The van der Waals surface area contributed by atoms with E-state index in [1.807, 2.05) is 0 Å². The zero-order chi connectivity index (χ0) is 18.4. The largest absolute Gasteiger partial charge is 0.492 e. The highest BCUT2D eigenvalue weighted by molar-refractivity contribution is 5.74. The summed E-state index contributed by atoms with van der Waals surface area (Å²) in [6.45, 7) is 0.462. The number of halogens is 4. The number of hydrogen-bond donors (Lipinski definition) is 1. The Bertz CT molecular complexity index is 563. The summed E-state index contributed by atoms with van der Waals surface area (Å²) in [7, 11) is 1.55. The van der Waals surface area contributed by atoms with Gasteiger partial charge in [0.25, 0.3) is 0 Å². The van der Waals surface area contributed by atoms with Gasteiger partial charge in [0.15, 0.2) is 0 Å². The molecule has 2 amide bonds. The van der Waals surface area contributed by atoms with E-state index in [4.69, 9.17) is 4.74 Å². The molecule has 0 aromatic heterocycles. The number of rotatable bonds is 5. The third-order valence-corrected chi connectivity index (χ3v) is 4.32. The fraction of sp³-hybridized carbons (Fsp3) is 0.588. The average molecular weight is 362 g/mol. The lowest BCUT2D eigenvalue weighted by atomic mass is 9.85. The van der Waals surface area contributed by atoms with Crippen LogP contribution in [0, 0.1) is 11.7 Å². The van der Waals surface area contributed by atoms with Crippen molar-refractivity contribution in [3.8, 4) is 5.75 Å². The number of alkyl halides is 3. The zero-order valence-corrected chi connectivity index (χ0v) is 14.0. The molecule has 0 heterocycles. The molecule has 1 aliphatic rings. The van der Waals surface area contributed by atoms with Crippen LogP contribution in [0.1, 0.15) is 25.7 Å². The van der Waals surface area contributed by atoms with Crippen molar-refractivity contribution in [1.29, 1.82) is 0 Å². The first kappa shape index (κ1) is 19.3. The predicted octanol–water partition coefficient (Wildman–Crippen LogP) is 3.97. The summed E-state index contributed by atoms with van der Waals surface area (Å²) in [5.74, 6) is -1.23. The maximum atomic E-state index is 12.8. The second kappa shape index (κ2) is 8.40. The quantitative estimate of drug-likeness (QED) is 0.806. The molecule has 1 aliphatic carbocycles. The number of nitrogens with zero attached hydrogens (tertiary/aromatic N) is 1. The smallest absolute Gasteiger partial charge is 0.391 e. The molecule has 0 aliphatic heterocycles. The van der Waals surface area contributed by atoms with Crippen LogP contribution in [0.25, 0.3) is 0 Å². The normalized spacial score (nSPS) is 20.8. The van der Waals surface area contributed by atoms with Crippen molar-refractivity contribution in [3.63, 3.8) is 0 Å². The molecule has 0 spiro atoms. The lowest BCUT2D eigenvalue weighted by Crippen LogP contribution is -2.47. The second-order valence-corrected chi connectivity index (χ2v) is 6.28. The minimum Gasteiger partial charge on any atom is -0.492 e. The maximum absolute atomic E-state index is 12.8. The van der Waals surface area contributed by atoms with Crippen LogP contribution in [0.3, 0.4) is 0 Å². The molecule has 1 saturated carbocycles. The molecule has 2 unspecified atom stereocenters. The molecule has 1 aromatic carbocycles. The molecule has 25 heavy (non-hydrogen) atoms.